The Bertz CT molecular complexity index is 1600. The van der Waals surface area contributed by atoms with Gasteiger partial charge in [0.25, 0.3) is 10.0 Å². The highest BCUT2D eigenvalue weighted by atomic mass is 32.2. The number of fused-ring (bicyclic) bond motifs is 1. The lowest BCUT2D eigenvalue weighted by atomic mass is 10.1. The van der Waals surface area contributed by atoms with E-state index < -0.39 is 10.0 Å². The van der Waals surface area contributed by atoms with Gasteiger partial charge in [0.1, 0.15) is 21.2 Å². The largest absolute Gasteiger partial charge is 0.353 e. The third-order valence-corrected chi connectivity index (χ3v) is 11.2. The van der Waals surface area contributed by atoms with Crippen LogP contribution < -0.4 is 4.90 Å². The molecule has 0 unspecified atom stereocenters. The van der Waals surface area contributed by atoms with Crippen molar-refractivity contribution in [3.05, 3.63) is 64.6 Å². The molecule has 0 aliphatic carbocycles. The minimum atomic E-state index is -3.56. The molecule has 0 saturated carbocycles. The van der Waals surface area contributed by atoms with Gasteiger partial charge in [-0.1, -0.05) is 30.3 Å². The molecule has 4 aromatic heterocycles. The minimum absolute atomic E-state index is 0.361. The zero-order chi connectivity index (χ0) is 24.0. The molecule has 0 radical (unpaired) electrons. The summed E-state index contributed by atoms with van der Waals surface area (Å²) in [5, 5.41) is 6.08. The summed E-state index contributed by atoms with van der Waals surface area (Å²) in [5.41, 5.74) is 3.07. The summed E-state index contributed by atoms with van der Waals surface area (Å²) in [4.78, 5) is 17.6. The average molecular weight is 540 g/mol. The monoisotopic (exact) mass is 539 g/mol. The van der Waals surface area contributed by atoms with Gasteiger partial charge in [0.2, 0.25) is 0 Å². The van der Waals surface area contributed by atoms with Crippen LogP contribution in [0.15, 0.2) is 63.8 Å². The fraction of sp³-hybridized carbons (Fsp3) is 0.208. The Morgan fingerprint density at radius 1 is 0.914 bits per heavy atom. The van der Waals surface area contributed by atoms with Crippen molar-refractivity contribution in [2.45, 2.75) is 11.1 Å². The van der Waals surface area contributed by atoms with Crippen molar-refractivity contribution in [2.24, 2.45) is 0 Å². The summed E-state index contributed by atoms with van der Waals surface area (Å²) < 4.78 is 28.7. The number of anilines is 1. The second-order valence-corrected chi connectivity index (χ2v) is 13.3. The summed E-state index contributed by atoms with van der Waals surface area (Å²) >= 11 is 4.45. The first-order valence-electron chi connectivity index (χ1n) is 11.1. The number of thiophene rings is 2. The van der Waals surface area contributed by atoms with Gasteiger partial charge in [0.15, 0.2) is 0 Å². The standard InChI is InChI=1S/C24H21N5O2S4/c1-16-27-19(14-32-16)20-7-8-21(34-20)35(30,31)29-11-9-28(10-12-29)23-22-18(17-5-3-2-4-6-17)13-33-24(22)26-15-25-23/h2-8,13-15H,9-12H2,1H3. The number of aromatic nitrogens is 3. The molecule has 6 rings (SSSR count). The molecule has 11 heteroatoms. The molecule has 1 saturated heterocycles. The van der Waals surface area contributed by atoms with E-state index in [1.54, 1.807) is 39.4 Å². The molecule has 5 aromatic rings. The summed E-state index contributed by atoms with van der Waals surface area (Å²) in [7, 11) is -3.56. The summed E-state index contributed by atoms with van der Waals surface area (Å²) in [6.07, 6.45) is 1.60. The van der Waals surface area contributed by atoms with Gasteiger partial charge in [0.05, 0.1) is 21.0 Å². The topological polar surface area (TPSA) is 79.3 Å². The number of nitrogens with zero attached hydrogens (tertiary/aromatic N) is 5. The maximum Gasteiger partial charge on any atom is 0.252 e. The van der Waals surface area contributed by atoms with E-state index in [-0.39, 0.29) is 0 Å². The predicted octanol–water partition coefficient (Wildman–Crippen LogP) is 5.36. The van der Waals surface area contributed by atoms with Crippen LogP contribution >= 0.6 is 34.0 Å². The molecule has 1 aliphatic heterocycles. The van der Waals surface area contributed by atoms with Gasteiger partial charge in [-0.15, -0.1) is 34.0 Å². The van der Waals surface area contributed by atoms with Crippen molar-refractivity contribution < 1.29 is 8.42 Å². The SMILES string of the molecule is Cc1nc(-c2ccc(S(=O)(=O)N3CCN(c4ncnc5scc(-c6ccccc6)c45)CC3)s2)cs1. The zero-order valence-corrected chi connectivity index (χ0v) is 22.1. The molecule has 1 aromatic carbocycles. The van der Waals surface area contributed by atoms with Crippen molar-refractivity contribution in [1.29, 1.82) is 0 Å². The second kappa shape index (κ2) is 9.07. The Morgan fingerprint density at radius 2 is 1.71 bits per heavy atom. The van der Waals surface area contributed by atoms with E-state index in [9.17, 15) is 8.42 Å². The van der Waals surface area contributed by atoms with E-state index in [1.807, 2.05) is 36.6 Å². The van der Waals surface area contributed by atoms with Crippen molar-refractivity contribution in [3.63, 3.8) is 0 Å². The molecular formula is C24H21N5O2S4. The third-order valence-electron chi connectivity index (χ3n) is 6.02. The molecule has 0 amide bonds. The maximum absolute atomic E-state index is 13.4. The molecule has 0 atom stereocenters. The van der Waals surface area contributed by atoms with E-state index >= 15 is 0 Å². The van der Waals surface area contributed by atoms with Crippen LogP contribution in [0.2, 0.25) is 0 Å². The molecule has 35 heavy (non-hydrogen) atoms. The van der Waals surface area contributed by atoms with Crippen LogP contribution in [0.4, 0.5) is 5.82 Å². The molecule has 178 valence electrons. The normalized spacial score (nSPS) is 15.2. The van der Waals surface area contributed by atoms with E-state index in [0.717, 1.165) is 42.7 Å². The van der Waals surface area contributed by atoms with Gasteiger partial charge in [-0.3, -0.25) is 0 Å². The summed E-state index contributed by atoms with van der Waals surface area (Å²) in [6, 6.07) is 13.8. The van der Waals surface area contributed by atoms with E-state index in [4.69, 9.17) is 0 Å². The average Bonchev–Trinajstić information content (AvgIpc) is 3.64. The lowest BCUT2D eigenvalue weighted by Crippen LogP contribution is -2.48. The molecule has 7 nitrogen and oxygen atoms in total. The Hall–Kier alpha value is -2.70. The first-order chi connectivity index (χ1) is 17.0. The number of hydrogen-bond acceptors (Lipinski definition) is 9. The van der Waals surface area contributed by atoms with E-state index in [0.29, 0.717) is 30.4 Å². The molecule has 0 spiro atoms. The summed E-state index contributed by atoms with van der Waals surface area (Å²) in [6.45, 7) is 3.89. The lowest BCUT2D eigenvalue weighted by molar-refractivity contribution is 0.385. The van der Waals surface area contributed by atoms with Gasteiger partial charge >= 0.3 is 0 Å². The molecule has 1 aliphatic rings. The minimum Gasteiger partial charge on any atom is -0.353 e. The highest BCUT2D eigenvalue weighted by molar-refractivity contribution is 7.91. The Morgan fingerprint density at radius 3 is 2.46 bits per heavy atom. The predicted molar refractivity (Wildman–Crippen MR) is 144 cm³/mol. The smallest absolute Gasteiger partial charge is 0.252 e. The number of rotatable bonds is 5. The highest BCUT2D eigenvalue weighted by Crippen LogP contribution is 2.38. The third kappa shape index (κ3) is 4.17. The van der Waals surface area contributed by atoms with Crippen LogP contribution in [0, 0.1) is 6.92 Å². The fourth-order valence-electron chi connectivity index (χ4n) is 4.27. The number of piperazine rings is 1. The Kier molecular flexibility index (Phi) is 5.89. The number of benzene rings is 1. The van der Waals surface area contributed by atoms with Gasteiger partial charge in [0, 0.05) is 42.5 Å². The number of thiazole rings is 1. The van der Waals surface area contributed by atoms with Gasteiger partial charge < -0.3 is 4.90 Å². The van der Waals surface area contributed by atoms with Crippen molar-refractivity contribution in [1.82, 2.24) is 19.3 Å². The van der Waals surface area contributed by atoms with Crippen LogP contribution in [-0.4, -0.2) is 53.9 Å². The molecule has 1 fully saturated rings. The molecule has 0 bridgehead atoms. The number of aryl methyl sites for hydroxylation is 1. The summed E-state index contributed by atoms with van der Waals surface area (Å²) in [5.74, 6) is 0.865. The van der Waals surface area contributed by atoms with Crippen LogP contribution in [-0.2, 0) is 10.0 Å². The van der Waals surface area contributed by atoms with Crippen LogP contribution in [0.5, 0.6) is 0 Å². The van der Waals surface area contributed by atoms with E-state index in [1.165, 1.54) is 11.3 Å². The van der Waals surface area contributed by atoms with E-state index in [2.05, 4.69) is 37.4 Å². The van der Waals surface area contributed by atoms with Crippen molar-refractivity contribution in [2.75, 3.05) is 31.1 Å². The van der Waals surface area contributed by atoms with Crippen LogP contribution in [0.1, 0.15) is 5.01 Å². The van der Waals surface area contributed by atoms with Crippen LogP contribution in [0.25, 0.3) is 31.9 Å². The van der Waals surface area contributed by atoms with Crippen LogP contribution in [0.3, 0.4) is 0 Å². The fourth-order valence-corrected chi connectivity index (χ4v) is 8.71. The van der Waals surface area contributed by atoms with Gasteiger partial charge in [-0.05, 0) is 24.6 Å². The number of sulfonamides is 1. The van der Waals surface area contributed by atoms with Gasteiger partial charge in [-0.25, -0.2) is 23.4 Å². The molecular weight excluding hydrogens is 519 g/mol. The molecule has 5 heterocycles. The Balaban J connectivity index is 1.24. The maximum atomic E-state index is 13.4. The number of hydrogen-bond donors (Lipinski definition) is 0. The second-order valence-electron chi connectivity index (χ2n) is 8.15. The van der Waals surface area contributed by atoms with Crippen molar-refractivity contribution >= 4 is 60.1 Å². The lowest BCUT2D eigenvalue weighted by Gasteiger charge is -2.34. The van der Waals surface area contributed by atoms with Crippen molar-refractivity contribution in [3.8, 4) is 21.7 Å². The zero-order valence-electron chi connectivity index (χ0n) is 18.8. The first kappa shape index (κ1) is 22.7. The quantitative estimate of drug-likeness (QED) is 0.299. The molecule has 0 N–H and O–H groups in total. The Labute approximate surface area is 215 Å². The van der Waals surface area contributed by atoms with Gasteiger partial charge in [-0.2, -0.15) is 4.31 Å². The highest BCUT2D eigenvalue weighted by Gasteiger charge is 2.31. The first-order valence-corrected chi connectivity index (χ1v) is 15.1.